The van der Waals surface area contributed by atoms with Crippen molar-refractivity contribution in [1.82, 2.24) is 0 Å². The Morgan fingerprint density at radius 2 is 2.10 bits per heavy atom. The zero-order chi connectivity index (χ0) is 14.6. The quantitative estimate of drug-likeness (QED) is 0.819. The molecule has 1 aromatic rings. The van der Waals surface area contributed by atoms with Crippen LogP contribution in [0.3, 0.4) is 0 Å². The summed E-state index contributed by atoms with van der Waals surface area (Å²) in [5, 5.41) is 10.5. The molecule has 0 aromatic heterocycles. The summed E-state index contributed by atoms with van der Waals surface area (Å²) in [6, 6.07) is 8.82. The molecule has 1 nitrogen and oxygen atoms in total. The molecule has 1 N–H and O–H groups in total. The minimum absolute atomic E-state index is 0.146. The van der Waals surface area contributed by atoms with E-state index >= 15 is 0 Å². The second-order valence-electron chi connectivity index (χ2n) is 7.44. The van der Waals surface area contributed by atoms with E-state index in [9.17, 15) is 9.50 Å². The molecule has 0 bridgehead atoms. The summed E-state index contributed by atoms with van der Waals surface area (Å²) in [4.78, 5) is 0. The van der Waals surface area contributed by atoms with Gasteiger partial charge in [0.05, 0.1) is 6.10 Å². The van der Waals surface area contributed by atoms with Gasteiger partial charge in [-0.15, -0.1) is 0 Å². The fourth-order valence-electron chi connectivity index (χ4n) is 5.92. The lowest BCUT2D eigenvalue weighted by molar-refractivity contribution is -0.0520. The first-order valence-electron chi connectivity index (χ1n) is 8.57. The predicted octanol–water partition coefficient (Wildman–Crippen LogP) is 4.24. The third-order valence-corrected chi connectivity index (χ3v) is 6.96. The lowest BCUT2D eigenvalue weighted by Gasteiger charge is -2.51. The Kier molecular flexibility index (Phi) is 3.15. The van der Waals surface area contributed by atoms with Crippen molar-refractivity contribution in [3.8, 4) is 0 Å². The number of aliphatic hydroxyl groups excluding tert-OH is 1. The Morgan fingerprint density at radius 1 is 1.29 bits per heavy atom. The number of aryl methyl sites for hydroxylation is 1. The van der Waals surface area contributed by atoms with Crippen LogP contribution < -0.4 is 0 Å². The SMILES string of the molecule is CC[C@]12CC[C@@H]3c4ccccc4CC[C@H]3[C@@H]1C[C@H](F)[C@H]2O. The minimum atomic E-state index is -1.01. The minimum Gasteiger partial charge on any atom is -0.390 e. The second-order valence-corrected chi connectivity index (χ2v) is 7.44. The van der Waals surface area contributed by atoms with Gasteiger partial charge < -0.3 is 5.11 Å². The highest BCUT2D eigenvalue weighted by Crippen LogP contribution is 2.62. The zero-order valence-electron chi connectivity index (χ0n) is 12.8. The Morgan fingerprint density at radius 3 is 2.90 bits per heavy atom. The standard InChI is InChI=1S/C19H25FO/c1-2-19-10-9-14-13-6-4-3-5-12(13)7-8-15(14)16(19)11-17(20)18(19)21/h3-6,14-18,21H,2,7-11H2,1H3/t14-,15-,16+,17+,18-,19+/m1/s1. The van der Waals surface area contributed by atoms with Gasteiger partial charge in [-0.05, 0) is 67.4 Å². The van der Waals surface area contributed by atoms with Crippen LogP contribution in [0.15, 0.2) is 24.3 Å². The Labute approximate surface area is 126 Å². The molecule has 0 unspecified atom stereocenters. The molecule has 0 saturated heterocycles. The molecule has 0 amide bonds. The lowest BCUT2D eigenvalue weighted by Crippen LogP contribution is -2.46. The van der Waals surface area contributed by atoms with Crippen molar-refractivity contribution < 1.29 is 9.50 Å². The van der Waals surface area contributed by atoms with E-state index in [-0.39, 0.29) is 5.41 Å². The number of alkyl halides is 1. The molecule has 3 aliphatic carbocycles. The van der Waals surface area contributed by atoms with E-state index in [2.05, 4.69) is 31.2 Å². The average molecular weight is 288 g/mol. The van der Waals surface area contributed by atoms with Gasteiger partial charge in [0.15, 0.2) is 0 Å². The third kappa shape index (κ3) is 1.78. The molecule has 6 atom stereocenters. The molecule has 4 rings (SSSR count). The highest BCUT2D eigenvalue weighted by Gasteiger charge is 2.59. The van der Waals surface area contributed by atoms with Gasteiger partial charge in [-0.3, -0.25) is 0 Å². The zero-order valence-corrected chi connectivity index (χ0v) is 12.8. The van der Waals surface area contributed by atoms with Crippen LogP contribution in [-0.2, 0) is 6.42 Å². The van der Waals surface area contributed by atoms with Crippen molar-refractivity contribution in [2.45, 2.75) is 63.6 Å². The van der Waals surface area contributed by atoms with Crippen LogP contribution in [0.2, 0.25) is 0 Å². The van der Waals surface area contributed by atoms with E-state index in [0.29, 0.717) is 24.2 Å². The van der Waals surface area contributed by atoms with Crippen LogP contribution in [0.25, 0.3) is 0 Å². The molecule has 2 saturated carbocycles. The van der Waals surface area contributed by atoms with E-state index in [0.717, 1.165) is 25.7 Å². The number of hydrogen-bond donors (Lipinski definition) is 1. The third-order valence-electron chi connectivity index (χ3n) is 6.96. The smallest absolute Gasteiger partial charge is 0.127 e. The molecule has 21 heavy (non-hydrogen) atoms. The summed E-state index contributed by atoms with van der Waals surface area (Å²) < 4.78 is 14.3. The van der Waals surface area contributed by atoms with Crippen LogP contribution in [0.4, 0.5) is 4.39 Å². The predicted molar refractivity (Wildman–Crippen MR) is 82.0 cm³/mol. The van der Waals surface area contributed by atoms with Gasteiger partial charge in [0.1, 0.15) is 6.17 Å². The Balaban J connectivity index is 1.72. The maximum atomic E-state index is 14.3. The van der Waals surface area contributed by atoms with Gasteiger partial charge in [0, 0.05) is 5.41 Å². The number of fused-ring (bicyclic) bond motifs is 5. The van der Waals surface area contributed by atoms with E-state index < -0.39 is 12.3 Å². The summed E-state index contributed by atoms with van der Waals surface area (Å²) in [5.74, 6) is 1.54. The first kappa shape index (κ1) is 13.8. The first-order valence-corrected chi connectivity index (χ1v) is 8.57. The van der Waals surface area contributed by atoms with Crippen molar-refractivity contribution in [2.75, 3.05) is 0 Å². The molecule has 2 fully saturated rings. The van der Waals surface area contributed by atoms with Crippen molar-refractivity contribution in [3.05, 3.63) is 35.4 Å². The topological polar surface area (TPSA) is 20.2 Å². The van der Waals surface area contributed by atoms with Crippen LogP contribution in [-0.4, -0.2) is 17.4 Å². The summed E-state index contributed by atoms with van der Waals surface area (Å²) in [6.45, 7) is 2.14. The molecule has 0 radical (unpaired) electrons. The number of hydrogen-bond acceptors (Lipinski definition) is 1. The van der Waals surface area contributed by atoms with Crippen LogP contribution in [0.1, 0.15) is 56.1 Å². The van der Waals surface area contributed by atoms with Gasteiger partial charge in [-0.2, -0.15) is 0 Å². The molecular formula is C19H25FO. The molecule has 3 aliphatic rings. The van der Waals surface area contributed by atoms with Crippen molar-refractivity contribution in [3.63, 3.8) is 0 Å². The molecule has 0 heterocycles. The van der Waals surface area contributed by atoms with Gasteiger partial charge >= 0.3 is 0 Å². The van der Waals surface area contributed by atoms with E-state index in [1.807, 2.05) is 0 Å². The van der Waals surface area contributed by atoms with Crippen molar-refractivity contribution in [1.29, 1.82) is 0 Å². The lowest BCUT2D eigenvalue weighted by atomic mass is 9.54. The number of halogens is 1. The monoisotopic (exact) mass is 288 g/mol. The molecule has 0 aliphatic heterocycles. The van der Waals surface area contributed by atoms with Gasteiger partial charge in [-0.25, -0.2) is 4.39 Å². The molecular weight excluding hydrogens is 263 g/mol. The molecule has 0 spiro atoms. The number of rotatable bonds is 1. The molecule has 1 aromatic carbocycles. The summed E-state index contributed by atoms with van der Waals surface area (Å²) in [7, 11) is 0. The van der Waals surface area contributed by atoms with Crippen LogP contribution >= 0.6 is 0 Å². The van der Waals surface area contributed by atoms with Crippen molar-refractivity contribution in [2.24, 2.45) is 17.3 Å². The van der Waals surface area contributed by atoms with Gasteiger partial charge in [0.25, 0.3) is 0 Å². The highest BCUT2D eigenvalue weighted by atomic mass is 19.1. The molecule has 114 valence electrons. The van der Waals surface area contributed by atoms with Crippen molar-refractivity contribution >= 4 is 0 Å². The Hall–Kier alpha value is -0.890. The summed E-state index contributed by atoms with van der Waals surface area (Å²) in [5.41, 5.74) is 2.86. The fraction of sp³-hybridized carbons (Fsp3) is 0.684. The summed E-state index contributed by atoms with van der Waals surface area (Å²) in [6.07, 6.45) is 4.18. The van der Waals surface area contributed by atoms with Gasteiger partial charge in [-0.1, -0.05) is 31.2 Å². The highest BCUT2D eigenvalue weighted by molar-refractivity contribution is 5.35. The normalized spacial score (nSPS) is 44.8. The maximum absolute atomic E-state index is 14.3. The Bertz CT molecular complexity index is 542. The van der Waals surface area contributed by atoms with Crippen LogP contribution in [0.5, 0.6) is 0 Å². The fourth-order valence-corrected chi connectivity index (χ4v) is 5.92. The summed E-state index contributed by atoms with van der Waals surface area (Å²) >= 11 is 0. The van der Waals surface area contributed by atoms with E-state index in [4.69, 9.17) is 0 Å². The van der Waals surface area contributed by atoms with Crippen LogP contribution in [0, 0.1) is 17.3 Å². The second kappa shape index (κ2) is 4.81. The van der Waals surface area contributed by atoms with E-state index in [1.165, 1.54) is 17.5 Å². The maximum Gasteiger partial charge on any atom is 0.127 e. The molecule has 2 heteroatoms. The van der Waals surface area contributed by atoms with E-state index in [1.54, 1.807) is 0 Å². The first-order chi connectivity index (χ1) is 10.2. The van der Waals surface area contributed by atoms with Gasteiger partial charge in [0.2, 0.25) is 0 Å². The number of benzene rings is 1. The average Bonchev–Trinajstić information content (AvgIpc) is 2.79. The largest absolute Gasteiger partial charge is 0.390 e. The number of aliphatic hydroxyl groups is 1.